The molecule has 0 saturated heterocycles. The van der Waals surface area contributed by atoms with Crippen LogP contribution in [-0.2, 0) is 4.79 Å². The molecule has 0 spiro atoms. The van der Waals surface area contributed by atoms with Gasteiger partial charge in [-0.15, -0.1) is 0 Å². The number of halogens is 1. The lowest BCUT2D eigenvalue weighted by Crippen LogP contribution is -2.37. The van der Waals surface area contributed by atoms with Crippen LogP contribution in [0.15, 0.2) is 45.5 Å². The second-order valence-corrected chi connectivity index (χ2v) is 9.01. The van der Waals surface area contributed by atoms with Crippen LogP contribution in [-0.4, -0.2) is 22.0 Å². The molecule has 27 heavy (non-hydrogen) atoms. The number of benzene rings is 1. The third-order valence-electron chi connectivity index (χ3n) is 5.10. The van der Waals surface area contributed by atoms with Gasteiger partial charge >= 0.3 is 0 Å². The number of fused-ring (bicyclic) bond motifs is 1. The van der Waals surface area contributed by atoms with E-state index in [1.165, 1.54) is 11.8 Å². The highest BCUT2D eigenvalue weighted by Crippen LogP contribution is 2.47. The molecule has 0 amide bonds. The zero-order valence-corrected chi connectivity index (χ0v) is 16.9. The van der Waals surface area contributed by atoms with Crippen molar-refractivity contribution in [2.24, 2.45) is 5.41 Å². The van der Waals surface area contributed by atoms with Crippen molar-refractivity contribution in [1.82, 2.24) is 9.97 Å². The van der Waals surface area contributed by atoms with E-state index in [9.17, 15) is 9.59 Å². The van der Waals surface area contributed by atoms with Gasteiger partial charge in [0.05, 0.1) is 5.56 Å². The summed E-state index contributed by atoms with van der Waals surface area (Å²) in [7, 11) is 0. The van der Waals surface area contributed by atoms with Crippen LogP contribution in [0.5, 0.6) is 0 Å². The Hall–Kier alpha value is -2.05. The van der Waals surface area contributed by atoms with E-state index >= 15 is 0 Å². The summed E-state index contributed by atoms with van der Waals surface area (Å²) in [5.41, 5.74) is 2.55. The smallest absolute Gasteiger partial charge is 0.257 e. The summed E-state index contributed by atoms with van der Waals surface area (Å²) in [6.45, 7) is 4.17. The first-order valence-electron chi connectivity index (χ1n) is 8.76. The number of H-pyrrole nitrogens is 1. The molecule has 4 rings (SSSR count). The monoisotopic (exact) mass is 401 g/mol. The van der Waals surface area contributed by atoms with Gasteiger partial charge in [0.15, 0.2) is 10.9 Å². The van der Waals surface area contributed by atoms with E-state index in [0.29, 0.717) is 33.6 Å². The lowest BCUT2D eigenvalue weighted by molar-refractivity contribution is -0.118. The molecular formula is C20H20ClN3O2S. The zero-order chi connectivity index (χ0) is 19.3. The molecule has 1 aliphatic heterocycles. The summed E-state index contributed by atoms with van der Waals surface area (Å²) < 4.78 is 0. The Kier molecular flexibility index (Phi) is 4.43. The van der Waals surface area contributed by atoms with Gasteiger partial charge in [-0.1, -0.05) is 49.3 Å². The Morgan fingerprint density at radius 2 is 1.89 bits per heavy atom. The number of hydrogen-bond donors (Lipinski definition) is 2. The van der Waals surface area contributed by atoms with Crippen molar-refractivity contribution in [1.29, 1.82) is 0 Å². The Labute approximate surface area is 166 Å². The molecule has 0 radical (unpaired) electrons. The number of rotatable bonds is 2. The van der Waals surface area contributed by atoms with E-state index in [4.69, 9.17) is 11.6 Å². The van der Waals surface area contributed by atoms with E-state index in [1.54, 1.807) is 12.1 Å². The summed E-state index contributed by atoms with van der Waals surface area (Å²) in [6.07, 6.45) is 3.06. The van der Waals surface area contributed by atoms with Crippen LogP contribution >= 0.6 is 23.4 Å². The van der Waals surface area contributed by atoms with E-state index in [2.05, 4.69) is 29.1 Å². The first-order valence-corrected chi connectivity index (χ1v) is 10.4. The van der Waals surface area contributed by atoms with Crippen molar-refractivity contribution in [2.45, 2.75) is 37.8 Å². The molecule has 1 aromatic carbocycles. The fourth-order valence-electron chi connectivity index (χ4n) is 3.98. The minimum Gasteiger partial charge on any atom is -0.343 e. The topological polar surface area (TPSA) is 74.8 Å². The van der Waals surface area contributed by atoms with Crippen molar-refractivity contribution in [3.05, 3.63) is 62.0 Å². The summed E-state index contributed by atoms with van der Waals surface area (Å²) in [6, 6.07) is 7.32. The van der Waals surface area contributed by atoms with Gasteiger partial charge in [0.25, 0.3) is 5.56 Å². The van der Waals surface area contributed by atoms with Crippen molar-refractivity contribution >= 4 is 35.0 Å². The maximum absolute atomic E-state index is 13.1. The van der Waals surface area contributed by atoms with Gasteiger partial charge in [-0.05, 0) is 35.8 Å². The molecular weight excluding hydrogens is 382 g/mol. The fraction of sp³-hybridized carbons (Fsp3) is 0.350. The number of Topliss-reactive ketones (excluding diaryl/α,β-unsaturated/α-hetero) is 1. The number of aromatic amines is 1. The first kappa shape index (κ1) is 18.3. The average Bonchev–Trinajstić information content (AvgIpc) is 2.59. The Morgan fingerprint density at radius 3 is 2.56 bits per heavy atom. The maximum Gasteiger partial charge on any atom is 0.257 e. The minimum absolute atomic E-state index is 0.0766. The molecule has 2 N–H and O–H groups in total. The maximum atomic E-state index is 13.1. The SMILES string of the molecule is CSc1nc2c(c(=O)[nH]1)[C@H](c1ccc(Cl)cc1)C1=C(CC(C)(C)CC1=O)N2. The molecule has 0 bridgehead atoms. The number of nitrogens with one attached hydrogen (secondary N) is 2. The third-order valence-corrected chi connectivity index (χ3v) is 5.93. The van der Waals surface area contributed by atoms with Crippen LogP contribution in [0.25, 0.3) is 0 Å². The predicted octanol–water partition coefficient (Wildman–Crippen LogP) is 4.35. The Bertz CT molecular complexity index is 1020. The molecule has 1 aromatic heterocycles. The second kappa shape index (κ2) is 6.53. The number of aromatic nitrogens is 2. The molecule has 2 aromatic rings. The molecule has 5 nitrogen and oxygen atoms in total. The number of hydrogen-bond acceptors (Lipinski definition) is 5. The predicted molar refractivity (Wildman–Crippen MR) is 109 cm³/mol. The van der Waals surface area contributed by atoms with Crippen molar-refractivity contribution in [3.63, 3.8) is 0 Å². The fourth-order valence-corrected chi connectivity index (χ4v) is 4.48. The van der Waals surface area contributed by atoms with Crippen LogP contribution < -0.4 is 10.9 Å². The second-order valence-electron chi connectivity index (χ2n) is 7.78. The van der Waals surface area contributed by atoms with Crippen molar-refractivity contribution in [2.75, 3.05) is 11.6 Å². The normalized spacial score (nSPS) is 20.7. The summed E-state index contributed by atoms with van der Waals surface area (Å²) in [5, 5.41) is 4.46. The highest BCUT2D eigenvalue weighted by Gasteiger charge is 2.42. The van der Waals surface area contributed by atoms with E-state index in [0.717, 1.165) is 17.7 Å². The van der Waals surface area contributed by atoms with Crippen LogP contribution in [0, 0.1) is 5.41 Å². The molecule has 2 aliphatic rings. The first-order chi connectivity index (χ1) is 12.8. The van der Waals surface area contributed by atoms with Gasteiger partial charge in [-0.2, -0.15) is 0 Å². The minimum atomic E-state index is -0.440. The average molecular weight is 402 g/mol. The zero-order valence-electron chi connectivity index (χ0n) is 15.4. The largest absolute Gasteiger partial charge is 0.343 e. The summed E-state index contributed by atoms with van der Waals surface area (Å²) in [5.74, 6) is 0.171. The Morgan fingerprint density at radius 1 is 1.19 bits per heavy atom. The highest BCUT2D eigenvalue weighted by atomic mass is 35.5. The number of anilines is 1. The number of carbonyl (C=O) groups excluding carboxylic acids is 1. The molecule has 0 unspecified atom stereocenters. The van der Waals surface area contributed by atoms with Gasteiger partial charge in [-0.3, -0.25) is 9.59 Å². The third kappa shape index (κ3) is 3.21. The number of ketones is 1. The van der Waals surface area contributed by atoms with Gasteiger partial charge in [0, 0.05) is 28.6 Å². The van der Waals surface area contributed by atoms with Crippen molar-refractivity contribution < 1.29 is 4.79 Å². The lowest BCUT2D eigenvalue weighted by atomic mass is 9.69. The number of nitrogens with zero attached hydrogens (tertiary/aromatic N) is 1. The van der Waals surface area contributed by atoms with E-state index in [1.807, 2.05) is 18.4 Å². The van der Waals surface area contributed by atoms with E-state index < -0.39 is 5.92 Å². The van der Waals surface area contributed by atoms with Crippen LogP contribution in [0.3, 0.4) is 0 Å². The molecule has 2 heterocycles. The molecule has 0 saturated carbocycles. The van der Waals surface area contributed by atoms with Gasteiger partial charge in [-0.25, -0.2) is 4.98 Å². The Balaban J connectivity index is 1.97. The van der Waals surface area contributed by atoms with Gasteiger partial charge in [0.1, 0.15) is 5.82 Å². The van der Waals surface area contributed by atoms with E-state index in [-0.39, 0.29) is 16.8 Å². The van der Waals surface area contributed by atoms with Crippen LogP contribution in [0.1, 0.15) is 43.7 Å². The standard InChI is InChI=1S/C20H20ClN3O2S/c1-20(2)8-12-15(13(25)9-20)14(10-4-6-11(21)7-5-10)16-17(22-12)23-19(27-3)24-18(16)26/h4-7,14H,8-9H2,1-3H3,(H2,22,23,24,26)/t14-/m1/s1. The van der Waals surface area contributed by atoms with Crippen LogP contribution in [0.4, 0.5) is 5.82 Å². The van der Waals surface area contributed by atoms with Crippen molar-refractivity contribution in [3.8, 4) is 0 Å². The quantitative estimate of drug-likeness (QED) is 0.578. The summed E-state index contributed by atoms with van der Waals surface area (Å²) >= 11 is 7.43. The van der Waals surface area contributed by atoms with Gasteiger partial charge < -0.3 is 10.3 Å². The number of thioether (sulfide) groups is 1. The highest BCUT2D eigenvalue weighted by molar-refractivity contribution is 7.98. The lowest BCUT2D eigenvalue weighted by Gasteiger charge is -2.38. The number of carbonyl (C=O) groups is 1. The molecule has 1 aliphatic carbocycles. The summed E-state index contributed by atoms with van der Waals surface area (Å²) in [4.78, 5) is 33.4. The molecule has 1 atom stereocenters. The van der Waals surface area contributed by atoms with Crippen LogP contribution in [0.2, 0.25) is 5.02 Å². The number of allylic oxidation sites excluding steroid dienone is 2. The molecule has 140 valence electrons. The van der Waals surface area contributed by atoms with Gasteiger partial charge in [0.2, 0.25) is 0 Å². The molecule has 0 fully saturated rings. The molecule has 7 heteroatoms.